The molecule has 5 aromatic heterocycles. The summed E-state index contributed by atoms with van der Waals surface area (Å²) in [5, 5.41) is 9.49. The van der Waals surface area contributed by atoms with Crippen LogP contribution < -0.4 is 0 Å². The van der Waals surface area contributed by atoms with Gasteiger partial charge in [0.15, 0.2) is 0 Å². The lowest BCUT2D eigenvalue weighted by molar-refractivity contribution is 0.952. The van der Waals surface area contributed by atoms with Crippen molar-refractivity contribution < 1.29 is 0 Å². The minimum Gasteiger partial charge on any atom is -0.309 e. The molecule has 0 N–H and O–H groups in total. The Morgan fingerprint density at radius 2 is 0.566 bits per heavy atom. The Kier molecular flexibility index (Phi) is 9.23. The highest BCUT2D eigenvalue weighted by molar-refractivity contribution is 6.14. The first-order valence-electron chi connectivity index (χ1n) is 25.9. The van der Waals surface area contributed by atoms with Crippen LogP contribution in [0.1, 0.15) is 0 Å². The molecule has 0 amide bonds. The molecule has 6 heteroatoms. The van der Waals surface area contributed by atoms with Crippen LogP contribution >= 0.6 is 0 Å². The van der Waals surface area contributed by atoms with Crippen LogP contribution in [0, 0.1) is 0 Å². The Bertz CT molecular complexity index is 4690. The van der Waals surface area contributed by atoms with Crippen LogP contribution in [0.3, 0.4) is 0 Å². The molecule has 0 aliphatic carbocycles. The number of nitrogens with zero attached hydrogens (tertiary/aromatic N) is 6. The summed E-state index contributed by atoms with van der Waals surface area (Å²) < 4.78 is 9.35. The smallest absolute Gasteiger partial charge is 0.237 e. The average Bonchev–Trinajstić information content (AvgIpc) is 4.30. The van der Waals surface area contributed by atoms with Gasteiger partial charge < -0.3 is 9.13 Å². The summed E-state index contributed by atoms with van der Waals surface area (Å²) in [7, 11) is 0. The highest BCUT2D eigenvalue weighted by Crippen LogP contribution is 2.41. The molecule has 0 aliphatic rings. The number of aromatic nitrogens is 6. The van der Waals surface area contributed by atoms with E-state index in [0.29, 0.717) is 5.95 Å². The Morgan fingerprint density at radius 1 is 0.211 bits per heavy atom. The molecule has 11 aromatic carbocycles. The maximum absolute atomic E-state index is 5.67. The third-order valence-corrected chi connectivity index (χ3v) is 15.6. The summed E-state index contributed by atoms with van der Waals surface area (Å²) in [6, 6.07) is 96.3. The summed E-state index contributed by atoms with van der Waals surface area (Å²) >= 11 is 0. The fraction of sp³-hybridized carbons (Fsp3) is 0. The zero-order chi connectivity index (χ0) is 49.8. The van der Waals surface area contributed by atoms with Gasteiger partial charge in [0.2, 0.25) is 5.95 Å². The molecule has 0 radical (unpaired) electrons. The van der Waals surface area contributed by atoms with Gasteiger partial charge in [-0.15, -0.1) is 0 Å². The van der Waals surface area contributed by atoms with E-state index in [0.717, 1.165) is 94.3 Å². The van der Waals surface area contributed by atoms with E-state index in [2.05, 4.69) is 285 Å². The minimum atomic E-state index is 0.600. The number of hydrogen-bond acceptors (Lipinski definition) is 2. The maximum atomic E-state index is 5.67. The van der Waals surface area contributed by atoms with E-state index >= 15 is 0 Å². The van der Waals surface area contributed by atoms with Crippen molar-refractivity contribution in [3.63, 3.8) is 0 Å². The van der Waals surface area contributed by atoms with E-state index < -0.39 is 0 Å². The lowest BCUT2D eigenvalue weighted by Gasteiger charge is -2.14. The zero-order valence-electron chi connectivity index (χ0n) is 41.1. The summed E-state index contributed by atoms with van der Waals surface area (Å²) in [4.78, 5) is 11.2. The van der Waals surface area contributed by atoms with Crippen LogP contribution in [0.4, 0.5) is 0 Å². The van der Waals surface area contributed by atoms with Crippen molar-refractivity contribution >= 4 is 87.2 Å². The lowest BCUT2D eigenvalue weighted by Crippen LogP contribution is -2.07. The van der Waals surface area contributed by atoms with Gasteiger partial charge >= 0.3 is 0 Å². The summed E-state index contributed by atoms with van der Waals surface area (Å²) in [6.45, 7) is 0. The molecular weight excluding hydrogens is 925 g/mol. The molecule has 0 unspecified atom stereocenters. The molecule has 16 rings (SSSR count). The quantitative estimate of drug-likeness (QED) is 0.160. The minimum absolute atomic E-state index is 0.600. The molecular formula is C70H44N6. The summed E-state index contributed by atoms with van der Waals surface area (Å²) in [6.07, 6.45) is 0. The van der Waals surface area contributed by atoms with Gasteiger partial charge in [0, 0.05) is 66.1 Å². The van der Waals surface area contributed by atoms with Crippen LogP contribution in [0.15, 0.2) is 267 Å². The van der Waals surface area contributed by atoms with Crippen molar-refractivity contribution in [2.75, 3.05) is 0 Å². The second kappa shape index (κ2) is 16.6. The molecule has 354 valence electrons. The normalized spacial score (nSPS) is 11.9. The monoisotopic (exact) mass is 968 g/mol. The molecule has 5 heterocycles. The van der Waals surface area contributed by atoms with Crippen molar-refractivity contribution in [1.82, 2.24) is 28.2 Å². The molecule has 0 fully saturated rings. The fourth-order valence-electron chi connectivity index (χ4n) is 12.2. The summed E-state index contributed by atoms with van der Waals surface area (Å²) in [5.41, 5.74) is 17.6. The first kappa shape index (κ1) is 42.2. The molecule has 0 bridgehead atoms. The molecule has 0 atom stereocenters. The largest absolute Gasteiger partial charge is 0.309 e. The molecule has 76 heavy (non-hydrogen) atoms. The number of fused-ring (bicyclic) bond motifs is 12. The van der Waals surface area contributed by atoms with Crippen molar-refractivity contribution in [3.8, 4) is 56.7 Å². The number of rotatable bonds is 7. The van der Waals surface area contributed by atoms with E-state index in [1.54, 1.807) is 0 Å². The van der Waals surface area contributed by atoms with E-state index in [4.69, 9.17) is 9.97 Å². The van der Waals surface area contributed by atoms with Crippen LogP contribution in [-0.2, 0) is 0 Å². The fourth-order valence-corrected chi connectivity index (χ4v) is 12.2. The molecule has 0 aliphatic heterocycles. The van der Waals surface area contributed by atoms with Gasteiger partial charge in [-0.3, -0.25) is 9.13 Å². The van der Waals surface area contributed by atoms with E-state index in [1.165, 1.54) is 43.6 Å². The Hall–Kier alpha value is -10.3. The van der Waals surface area contributed by atoms with Gasteiger partial charge in [-0.1, -0.05) is 176 Å². The Labute approximate surface area is 436 Å². The highest BCUT2D eigenvalue weighted by Gasteiger charge is 2.22. The Morgan fingerprint density at radius 3 is 1.07 bits per heavy atom. The van der Waals surface area contributed by atoms with Gasteiger partial charge in [0.1, 0.15) is 5.82 Å². The molecule has 0 saturated carbocycles. The maximum Gasteiger partial charge on any atom is 0.237 e. The predicted molar refractivity (Wildman–Crippen MR) is 316 cm³/mol. The molecule has 0 spiro atoms. The van der Waals surface area contributed by atoms with Crippen LogP contribution in [0.25, 0.3) is 144 Å². The van der Waals surface area contributed by atoms with Crippen LogP contribution in [0.2, 0.25) is 0 Å². The first-order chi connectivity index (χ1) is 37.7. The van der Waals surface area contributed by atoms with Gasteiger partial charge in [-0.05, 0) is 107 Å². The number of hydrogen-bond donors (Lipinski definition) is 0. The standard InChI is InChI=1S/C70H44N6/c1-4-18-45(19-5-1)60-44-69(75-63-30-16-10-24-52(63)56-36-32-48(42-67(56)75)46-34-38-65-58(40-46)54-26-12-14-28-61(54)73(65)50-20-6-2-7-21-50)72-70(71-60)76-64-31-17-11-25-53(64)57-37-33-49(43-68(57)76)47-35-39-66-59(41-47)55-27-13-15-29-62(55)74(66)51-22-8-3-9-23-51/h1-44H. The molecule has 16 aromatic rings. The second-order valence-corrected chi connectivity index (χ2v) is 19.8. The molecule has 6 nitrogen and oxygen atoms in total. The third kappa shape index (κ3) is 6.41. The van der Waals surface area contributed by atoms with E-state index in [-0.39, 0.29) is 0 Å². The SMILES string of the molecule is c1ccc(-c2cc(-n3c4ccccc4c4ccc(-c5ccc6c(c5)c5ccccc5n6-c5ccccc5)cc43)nc(-n3c4ccccc4c4ccc(-c5ccc6c(c5)c5ccccc5n6-c5ccccc5)cc43)n2)cc1. The topological polar surface area (TPSA) is 45.5 Å². The third-order valence-electron chi connectivity index (χ3n) is 15.6. The van der Waals surface area contributed by atoms with Gasteiger partial charge in [0.25, 0.3) is 0 Å². The van der Waals surface area contributed by atoms with Crippen molar-refractivity contribution in [2.45, 2.75) is 0 Å². The van der Waals surface area contributed by atoms with Gasteiger partial charge in [0.05, 0.1) is 49.8 Å². The first-order valence-corrected chi connectivity index (χ1v) is 25.9. The predicted octanol–water partition coefficient (Wildman–Crippen LogP) is 17.9. The summed E-state index contributed by atoms with van der Waals surface area (Å²) in [5.74, 6) is 1.39. The molecule has 0 saturated heterocycles. The van der Waals surface area contributed by atoms with Crippen molar-refractivity contribution in [1.29, 1.82) is 0 Å². The van der Waals surface area contributed by atoms with Crippen molar-refractivity contribution in [2.24, 2.45) is 0 Å². The van der Waals surface area contributed by atoms with E-state index in [1.807, 2.05) is 0 Å². The highest BCUT2D eigenvalue weighted by atomic mass is 15.2. The second-order valence-electron chi connectivity index (χ2n) is 19.8. The van der Waals surface area contributed by atoms with Crippen molar-refractivity contribution in [3.05, 3.63) is 267 Å². The Balaban J connectivity index is 0.900. The number of para-hydroxylation sites is 6. The van der Waals surface area contributed by atoms with E-state index in [9.17, 15) is 0 Å². The number of benzene rings is 11. The van der Waals surface area contributed by atoms with Crippen LogP contribution in [-0.4, -0.2) is 28.2 Å². The van der Waals surface area contributed by atoms with Crippen LogP contribution in [0.5, 0.6) is 0 Å². The zero-order valence-corrected chi connectivity index (χ0v) is 41.1. The average molecular weight is 969 g/mol. The lowest BCUT2D eigenvalue weighted by atomic mass is 10.0. The van der Waals surface area contributed by atoms with Gasteiger partial charge in [-0.25, -0.2) is 4.98 Å². The van der Waals surface area contributed by atoms with Gasteiger partial charge in [-0.2, -0.15) is 4.98 Å².